The lowest BCUT2D eigenvalue weighted by molar-refractivity contribution is -0.143. The zero-order valence-corrected chi connectivity index (χ0v) is 19.8. The Kier molecular flexibility index (Phi) is 7.49. The molecular formula is C25H25F3N4O2S. The van der Waals surface area contributed by atoms with E-state index in [1.54, 1.807) is 43.3 Å². The van der Waals surface area contributed by atoms with Gasteiger partial charge in [-0.25, -0.2) is 9.97 Å². The van der Waals surface area contributed by atoms with Crippen LogP contribution in [-0.4, -0.2) is 27.1 Å². The van der Waals surface area contributed by atoms with Gasteiger partial charge in [-0.3, -0.25) is 4.79 Å². The van der Waals surface area contributed by atoms with Crippen molar-refractivity contribution in [1.29, 1.82) is 0 Å². The van der Waals surface area contributed by atoms with Crippen LogP contribution in [0.4, 0.5) is 24.8 Å². The van der Waals surface area contributed by atoms with Crippen molar-refractivity contribution in [3.8, 4) is 11.3 Å². The highest BCUT2D eigenvalue weighted by molar-refractivity contribution is 8.00. The van der Waals surface area contributed by atoms with E-state index < -0.39 is 17.7 Å². The monoisotopic (exact) mass is 502 g/mol. The van der Waals surface area contributed by atoms with Crippen LogP contribution in [0.15, 0.2) is 59.6 Å². The van der Waals surface area contributed by atoms with Gasteiger partial charge in [0.2, 0.25) is 0 Å². The number of benzene rings is 1. The fourth-order valence-electron chi connectivity index (χ4n) is 4.20. The molecule has 35 heavy (non-hydrogen) atoms. The van der Waals surface area contributed by atoms with Gasteiger partial charge >= 0.3 is 12.1 Å². The zero-order valence-electron chi connectivity index (χ0n) is 19.0. The van der Waals surface area contributed by atoms with Gasteiger partial charge in [-0.2, -0.15) is 13.2 Å². The van der Waals surface area contributed by atoms with Gasteiger partial charge in [0.15, 0.2) is 0 Å². The lowest BCUT2D eigenvalue weighted by atomic mass is 9.86. The summed E-state index contributed by atoms with van der Waals surface area (Å²) in [6.07, 6.45) is -1.59. The molecule has 6 nitrogen and oxygen atoms in total. The average Bonchev–Trinajstić information content (AvgIpc) is 2.83. The Labute approximate surface area is 205 Å². The summed E-state index contributed by atoms with van der Waals surface area (Å²) < 4.78 is 43.9. The van der Waals surface area contributed by atoms with Crippen molar-refractivity contribution in [1.82, 2.24) is 9.97 Å². The minimum absolute atomic E-state index is 0.0267. The van der Waals surface area contributed by atoms with Crippen LogP contribution < -0.4 is 10.0 Å². The van der Waals surface area contributed by atoms with Crippen molar-refractivity contribution in [3.05, 3.63) is 65.7 Å². The van der Waals surface area contributed by atoms with Gasteiger partial charge in [0.1, 0.15) is 16.7 Å². The standard InChI is InChI=1S/C25H25F3N4O2S/c1-15-6-2-3-9-18(15)23-19(25(26,27)28)12-13-21(31-23)32-35-22-11-5-10-20(30-22)29-17-8-4-7-16(14-17)24(33)34/h2-3,5-6,9-13,16-17H,4,7-8,14H2,1H3,(H,29,30)(H,31,32)(H,33,34)/t16-,17+/m0/s1. The van der Waals surface area contributed by atoms with E-state index in [1.165, 1.54) is 6.07 Å². The molecular weight excluding hydrogens is 477 g/mol. The van der Waals surface area contributed by atoms with Crippen LogP contribution >= 0.6 is 11.9 Å². The topological polar surface area (TPSA) is 87.1 Å². The number of carbonyl (C=O) groups is 1. The molecule has 4 rings (SSSR count). The van der Waals surface area contributed by atoms with E-state index >= 15 is 0 Å². The fraction of sp³-hybridized carbons (Fsp3) is 0.320. The molecule has 0 bridgehead atoms. The lowest BCUT2D eigenvalue weighted by Gasteiger charge is -2.27. The Morgan fingerprint density at radius 1 is 1.03 bits per heavy atom. The first-order valence-corrected chi connectivity index (χ1v) is 12.1. The molecule has 2 aromatic heterocycles. The number of carboxylic acids is 1. The molecule has 0 spiro atoms. The highest BCUT2D eigenvalue weighted by atomic mass is 32.2. The van der Waals surface area contributed by atoms with Crippen LogP contribution in [0.2, 0.25) is 0 Å². The first kappa shape index (κ1) is 24.8. The molecule has 0 aliphatic heterocycles. The van der Waals surface area contributed by atoms with Crippen LogP contribution in [0, 0.1) is 12.8 Å². The highest BCUT2D eigenvalue weighted by Gasteiger charge is 2.35. The van der Waals surface area contributed by atoms with Crippen molar-refractivity contribution < 1.29 is 23.1 Å². The van der Waals surface area contributed by atoms with Crippen molar-refractivity contribution in [2.45, 2.75) is 49.9 Å². The molecule has 1 saturated carbocycles. The summed E-state index contributed by atoms with van der Waals surface area (Å²) >= 11 is 1.14. The van der Waals surface area contributed by atoms with Crippen LogP contribution in [0.5, 0.6) is 0 Å². The molecule has 0 unspecified atom stereocenters. The molecule has 0 radical (unpaired) electrons. The normalized spacial score (nSPS) is 18.2. The second-order valence-corrected chi connectivity index (χ2v) is 9.34. The van der Waals surface area contributed by atoms with E-state index in [2.05, 4.69) is 20.0 Å². The minimum Gasteiger partial charge on any atom is -0.481 e. The second kappa shape index (κ2) is 10.6. The lowest BCUT2D eigenvalue weighted by Crippen LogP contribution is -2.31. The summed E-state index contributed by atoms with van der Waals surface area (Å²) in [5.74, 6) is -0.229. The molecule has 1 aliphatic rings. The van der Waals surface area contributed by atoms with Crippen LogP contribution in [0.25, 0.3) is 11.3 Å². The molecule has 1 aliphatic carbocycles. The number of alkyl halides is 3. The Hall–Kier alpha value is -3.27. The summed E-state index contributed by atoms with van der Waals surface area (Å²) in [7, 11) is 0. The van der Waals surface area contributed by atoms with Crippen LogP contribution in [0.3, 0.4) is 0 Å². The second-order valence-electron chi connectivity index (χ2n) is 8.51. The third kappa shape index (κ3) is 6.25. The average molecular weight is 503 g/mol. The maximum atomic E-state index is 13.6. The number of pyridine rings is 2. The van der Waals surface area contributed by atoms with Gasteiger partial charge < -0.3 is 15.1 Å². The number of halogens is 3. The van der Waals surface area contributed by atoms with E-state index in [1.807, 2.05) is 6.07 Å². The fourth-order valence-corrected chi connectivity index (χ4v) is 4.81. The van der Waals surface area contributed by atoms with Gasteiger partial charge in [-0.05, 0) is 56.0 Å². The van der Waals surface area contributed by atoms with Crippen molar-refractivity contribution in [3.63, 3.8) is 0 Å². The summed E-state index contributed by atoms with van der Waals surface area (Å²) in [4.78, 5) is 20.1. The summed E-state index contributed by atoms with van der Waals surface area (Å²) in [5.41, 5.74) is 0.196. The maximum absolute atomic E-state index is 13.6. The number of hydrogen-bond acceptors (Lipinski definition) is 6. The van der Waals surface area contributed by atoms with E-state index in [9.17, 15) is 23.1 Å². The molecule has 1 fully saturated rings. The number of nitrogens with zero attached hydrogens (tertiary/aromatic N) is 2. The van der Waals surface area contributed by atoms with E-state index in [0.717, 1.165) is 30.9 Å². The first-order chi connectivity index (χ1) is 16.7. The van der Waals surface area contributed by atoms with Crippen molar-refractivity contribution in [2.75, 3.05) is 10.0 Å². The minimum atomic E-state index is -4.53. The third-order valence-electron chi connectivity index (χ3n) is 5.96. The molecule has 184 valence electrons. The quantitative estimate of drug-likeness (QED) is 0.312. The molecule has 0 saturated heterocycles. The van der Waals surface area contributed by atoms with Gasteiger partial charge in [-0.15, -0.1) is 0 Å². The molecule has 1 aromatic carbocycles. The van der Waals surface area contributed by atoms with Gasteiger partial charge in [-0.1, -0.05) is 36.8 Å². The van der Waals surface area contributed by atoms with E-state index in [-0.39, 0.29) is 23.5 Å². The number of hydrogen-bond donors (Lipinski definition) is 3. The van der Waals surface area contributed by atoms with Crippen LogP contribution in [-0.2, 0) is 11.0 Å². The maximum Gasteiger partial charge on any atom is 0.418 e. The molecule has 3 aromatic rings. The zero-order chi connectivity index (χ0) is 25.0. The molecule has 3 N–H and O–H groups in total. The van der Waals surface area contributed by atoms with Gasteiger partial charge in [0, 0.05) is 23.6 Å². The Morgan fingerprint density at radius 3 is 2.57 bits per heavy atom. The highest BCUT2D eigenvalue weighted by Crippen LogP contribution is 2.38. The number of nitrogens with one attached hydrogen (secondary N) is 2. The molecule has 10 heteroatoms. The SMILES string of the molecule is Cc1ccccc1-c1nc(NSc2cccc(N[C@@H]3CCC[C@H](C(=O)O)C3)n2)ccc1C(F)(F)F. The van der Waals surface area contributed by atoms with Crippen molar-refractivity contribution in [2.24, 2.45) is 5.92 Å². The first-order valence-electron chi connectivity index (χ1n) is 11.2. The molecule has 2 atom stereocenters. The summed E-state index contributed by atoms with van der Waals surface area (Å²) in [6.45, 7) is 1.75. The number of carboxylic acid groups (broad SMARTS) is 1. The Bertz CT molecular complexity index is 1210. The predicted octanol–water partition coefficient (Wildman–Crippen LogP) is 6.65. The van der Waals surface area contributed by atoms with Crippen LogP contribution in [0.1, 0.15) is 36.8 Å². The third-order valence-corrected chi connectivity index (χ3v) is 6.71. The Morgan fingerprint density at radius 2 is 1.83 bits per heavy atom. The largest absolute Gasteiger partial charge is 0.481 e. The number of aliphatic carboxylic acids is 1. The summed E-state index contributed by atoms with van der Waals surface area (Å²) in [6, 6.07) is 14.6. The van der Waals surface area contributed by atoms with E-state index in [4.69, 9.17) is 0 Å². The summed E-state index contributed by atoms with van der Waals surface area (Å²) in [5, 5.41) is 13.2. The molecule has 2 heterocycles. The smallest absolute Gasteiger partial charge is 0.418 e. The number of rotatable bonds is 7. The number of aromatic nitrogens is 2. The van der Waals surface area contributed by atoms with E-state index in [0.29, 0.717) is 34.8 Å². The predicted molar refractivity (Wildman–Crippen MR) is 130 cm³/mol. The number of aryl methyl sites for hydroxylation is 1. The Balaban J connectivity index is 1.49. The van der Waals surface area contributed by atoms with Gasteiger partial charge in [0.05, 0.1) is 17.2 Å². The van der Waals surface area contributed by atoms with Crippen molar-refractivity contribution >= 4 is 29.6 Å². The number of anilines is 2. The van der Waals surface area contributed by atoms with Gasteiger partial charge in [0.25, 0.3) is 0 Å². The molecule has 0 amide bonds.